The van der Waals surface area contributed by atoms with E-state index in [4.69, 9.17) is 9.47 Å². The van der Waals surface area contributed by atoms with Crippen LogP contribution in [0, 0.1) is 10.8 Å². The SMILES string of the molecule is COC(=O)c1ccc(C2C3=C(CC(C)(C)CC3=O)N(CCN3CCOCC3)C3=C2C(=O)CC(C)(C)C3)cc1. The first kappa shape index (κ1) is 26.8. The Kier molecular flexibility index (Phi) is 7.12. The van der Waals surface area contributed by atoms with E-state index in [0.717, 1.165) is 80.3 Å². The van der Waals surface area contributed by atoms with Gasteiger partial charge in [-0.05, 0) is 41.4 Å². The summed E-state index contributed by atoms with van der Waals surface area (Å²) < 4.78 is 10.4. The third kappa shape index (κ3) is 5.10. The molecule has 0 unspecified atom stereocenters. The highest BCUT2D eigenvalue weighted by Gasteiger charge is 2.48. The molecule has 4 aliphatic rings. The van der Waals surface area contributed by atoms with Crippen LogP contribution in [0.3, 0.4) is 0 Å². The van der Waals surface area contributed by atoms with Crippen molar-refractivity contribution in [1.82, 2.24) is 9.80 Å². The van der Waals surface area contributed by atoms with E-state index in [0.29, 0.717) is 18.4 Å². The maximum atomic E-state index is 13.9. The van der Waals surface area contributed by atoms with Gasteiger partial charge in [-0.1, -0.05) is 39.8 Å². The van der Waals surface area contributed by atoms with Gasteiger partial charge < -0.3 is 14.4 Å². The predicted octanol–water partition coefficient (Wildman–Crippen LogP) is 4.49. The number of morpholine rings is 1. The van der Waals surface area contributed by atoms with E-state index in [1.165, 1.54) is 7.11 Å². The molecule has 7 heteroatoms. The first-order valence-corrected chi connectivity index (χ1v) is 13.8. The first-order valence-electron chi connectivity index (χ1n) is 13.8. The van der Waals surface area contributed by atoms with Gasteiger partial charge in [0.1, 0.15) is 0 Å². The monoisotopic (exact) mass is 520 g/mol. The lowest BCUT2D eigenvalue weighted by Crippen LogP contribution is -2.47. The van der Waals surface area contributed by atoms with Crippen molar-refractivity contribution in [2.24, 2.45) is 10.8 Å². The minimum absolute atomic E-state index is 0.124. The summed E-state index contributed by atoms with van der Waals surface area (Å²) in [5.41, 5.74) is 4.71. The summed E-state index contributed by atoms with van der Waals surface area (Å²) in [6, 6.07) is 7.24. The summed E-state index contributed by atoms with van der Waals surface area (Å²) in [7, 11) is 1.36. The molecule has 2 aliphatic carbocycles. The maximum absolute atomic E-state index is 13.9. The number of nitrogens with zero attached hydrogens (tertiary/aromatic N) is 2. The molecular formula is C31H40N2O5. The van der Waals surface area contributed by atoms with Crippen LogP contribution in [0.25, 0.3) is 0 Å². The smallest absolute Gasteiger partial charge is 0.337 e. The third-order valence-corrected chi connectivity index (χ3v) is 8.43. The summed E-state index contributed by atoms with van der Waals surface area (Å²) >= 11 is 0. The zero-order chi connectivity index (χ0) is 27.2. The van der Waals surface area contributed by atoms with Crippen molar-refractivity contribution in [3.8, 4) is 0 Å². The zero-order valence-corrected chi connectivity index (χ0v) is 23.4. The van der Waals surface area contributed by atoms with E-state index in [-0.39, 0.29) is 22.4 Å². The lowest BCUT2D eigenvalue weighted by Gasteiger charge is -2.49. The molecule has 2 aliphatic heterocycles. The fraction of sp³-hybridized carbons (Fsp3) is 0.581. The Morgan fingerprint density at radius 3 is 1.89 bits per heavy atom. The quantitative estimate of drug-likeness (QED) is 0.530. The Bertz CT molecular complexity index is 1150. The van der Waals surface area contributed by atoms with Crippen LogP contribution >= 0.6 is 0 Å². The average Bonchev–Trinajstić information content (AvgIpc) is 2.86. The number of ketones is 2. The second-order valence-electron chi connectivity index (χ2n) is 12.8. The normalized spacial score (nSPS) is 23.9. The van der Waals surface area contributed by atoms with E-state index in [1.54, 1.807) is 12.1 Å². The molecule has 0 bridgehead atoms. The Balaban J connectivity index is 1.64. The van der Waals surface area contributed by atoms with E-state index in [9.17, 15) is 14.4 Å². The minimum atomic E-state index is -0.404. The molecule has 5 rings (SSSR count). The van der Waals surface area contributed by atoms with Crippen molar-refractivity contribution >= 4 is 17.5 Å². The van der Waals surface area contributed by atoms with Gasteiger partial charge in [-0.15, -0.1) is 0 Å². The average molecular weight is 521 g/mol. The standard InChI is InChI=1S/C31H40N2O5/c1-30(2)16-22-27(24(34)18-30)26(20-6-8-21(9-7-20)29(36)37-5)28-23(17-31(3,4)19-25(28)35)33(22)11-10-32-12-14-38-15-13-32/h6-9,26H,10-19H2,1-5H3. The van der Waals surface area contributed by atoms with Crippen molar-refractivity contribution in [1.29, 1.82) is 0 Å². The van der Waals surface area contributed by atoms with Gasteiger partial charge in [-0.25, -0.2) is 4.79 Å². The molecular weight excluding hydrogens is 480 g/mol. The van der Waals surface area contributed by atoms with Crippen LogP contribution in [0.4, 0.5) is 0 Å². The van der Waals surface area contributed by atoms with Crippen LogP contribution in [0.5, 0.6) is 0 Å². The second-order valence-corrected chi connectivity index (χ2v) is 12.8. The molecule has 1 saturated heterocycles. The van der Waals surface area contributed by atoms with Crippen molar-refractivity contribution in [2.75, 3.05) is 46.5 Å². The van der Waals surface area contributed by atoms with Gasteiger partial charge in [0.25, 0.3) is 0 Å². The number of ether oxygens (including phenoxy) is 2. The van der Waals surface area contributed by atoms with Gasteiger partial charge in [0.15, 0.2) is 11.6 Å². The van der Waals surface area contributed by atoms with Gasteiger partial charge in [0.2, 0.25) is 0 Å². The lowest BCUT2D eigenvalue weighted by atomic mass is 9.63. The van der Waals surface area contributed by atoms with Crippen molar-refractivity contribution in [3.05, 3.63) is 57.9 Å². The van der Waals surface area contributed by atoms with Crippen LogP contribution in [0.15, 0.2) is 46.8 Å². The number of esters is 1. The molecule has 0 saturated carbocycles. The molecule has 0 radical (unpaired) electrons. The van der Waals surface area contributed by atoms with Crippen LogP contribution in [0.2, 0.25) is 0 Å². The summed E-state index contributed by atoms with van der Waals surface area (Å²) in [5.74, 6) is -0.559. The van der Waals surface area contributed by atoms with Gasteiger partial charge in [-0.2, -0.15) is 0 Å². The van der Waals surface area contributed by atoms with Crippen LogP contribution in [-0.2, 0) is 19.1 Å². The fourth-order valence-corrected chi connectivity index (χ4v) is 6.65. The largest absolute Gasteiger partial charge is 0.465 e. The fourth-order valence-electron chi connectivity index (χ4n) is 6.65. The molecule has 0 aromatic heterocycles. The van der Waals surface area contributed by atoms with Gasteiger partial charge in [0, 0.05) is 67.5 Å². The highest BCUT2D eigenvalue weighted by Crippen LogP contribution is 2.54. The number of allylic oxidation sites excluding steroid dienone is 4. The van der Waals surface area contributed by atoms with Crippen LogP contribution < -0.4 is 0 Å². The number of carbonyl (C=O) groups is 3. The highest BCUT2D eigenvalue weighted by atomic mass is 16.5. The minimum Gasteiger partial charge on any atom is -0.465 e. The van der Waals surface area contributed by atoms with E-state index < -0.39 is 11.9 Å². The van der Waals surface area contributed by atoms with Gasteiger partial charge in [-0.3, -0.25) is 14.5 Å². The third-order valence-electron chi connectivity index (χ3n) is 8.43. The maximum Gasteiger partial charge on any atom is 0.337 e. The van der Waals surface area contributed by atoms with E-state index >= 15 is 0 Å². The topological polar surface area (TPSA) is 76.2 Å². The molecule has 204 valence electrons. The predicted molar refractivity (Wildman–Crippen MR) is 145 cm³/mol. The number of carbonyl (C=O) groups excluding carboxylic acids is 3. The number of hydrogen-bond donors (Lipinski definition) is 0. The molecule has 1 aromatic rings. The van der Waals surface area contributed by atoms with Crippen LogP contribution in [-0.4, -0.2) is 73.8 Å². The summed E-state index contributed by atoms with van der Waals surface area (Å²) in [6.07, 6.45) is 2.50. The summed E-state index contributed by atoms with van der Waals surface area (Å²) in [4.78, 5) is 44.6. The van der Waals surface area contributed by atoms with Crippen molar-refractivity contribution in [3.63, 3.8) is 0 Å². The number of Topliss-reactive ketones (excluding diaryl/α,β-unsaturated/α-hetero) is 2. The first-order chi connectivity index (χ1) is 18.0. The Labute approximate surface area is 225 Å². The van der Waals surface area contributed by atoms with Crippen molar-refractivity contribution < 1.29 is 23.9 Å². The molecule has 7 nitrogen and oxygen atoms in total. The number of hydrogen-bond acceptors (Lipinski definition) is 7. The van der Waals surface area contributed by atoms with Gasteiger partial charge >= 0.3 is 5.97 Å². The molecule has 1 aromatic carbocycles. The molecule has 0 N–H and O–H groups in total. The van der Waals surface area contributed by atoms with Crippen molar-refractivity contribution in [2.45, 2.75) is 59.3 Å². The van der Waals surface area contributed by atoms with Crippen LogP contribution in [0.1, 0.15) is 75.2 Å². The lowest BCUT2D eigenvalue weighted by molar-refractivity contribution is -0.119. The molecule has 38 heavy (non-hydrogen) atoms. The number of benzene rings is 1. The highest BCUT2D eigenvalue weighted by molar-refractivity contribution is 6.06. The Hall–Kier alpha value is -2.77. The number of methoxy groups -OCH3 is 1. The summed E-state index contributed by atoms with van der Waals surface area (Å²) in [6.45, 7) is 13.5. The summed E-state index contributed by atoms with van der Waals surface area (Å²) in [5, 5.41) is 0. The molecule has 2 heterocycles. The second kappa shape index (κ2) is 10.1. The Morgan fingerprint density at radius 1 is 0.868 bits per heavy atom. The zero-order valence-electron chi connectivity index (χ0n) is 23.4. The Morgan fingerprint density at radius 2 is 1.39 bits per heavy atom. The molecule has 0 spiro atoms. The van der Waals surface area contributed by atoms with Gasteiger partial charge in [0.05, 0.1) is 25.9 Å². The van der Waals surface area contributed by atoms with E-state index in [2.05, 4.69) is 37.5 Å². The molecule has 0 atom stereocenters. The van der Waals surface area contributed by atoms with E-state index in [1.807, 2.05) is 12.1 Å². The number of rotatable bonds is 5. The molecule has 1 fully saturated rings. The molecule has 0 amide bonds.